The summed E-state index contributed by atoms with van der Waals surface area (Å²) in [6.07, 6.45) is 6.37. The molecule has 4 fully saturated rings. The first-order valence-corrected chi connectivity index (χ1v) is 11.5. The van der Waals surface area contributed by atoms with Crippen LogP contribution in [-0.2, 0) is 19.2 Å². The van der Waals surface area contributed by atoms with E-state index in [1.165, 1.54) is 0 Å². The molecule has 0 aromatic rings. The van der Waals surface area contributed by atoms with Gasteiger partial charge in [-0.1, -0.05) is 6.42 Å². The van der Waals surface area contributed by atoms with Crippen molar-refractivity contribution in [1.82, 2.24) is 20.4 Å². The van der Waals surface area contributed by atoms with E-state index in [2.05, 4.69) is 10.6 Å². The smallest absolute Gasteiger partial charge is 0.225 e. The van der Waals surface area contributed by atoms with Crippen molar-refractivity contribution in [1.29, 1.82) is 0 Å². The van der Waals surface area contributed by atoms with Crippen molar-refractivity contribution in [2.75, 3.05) is 32.7 Å². The van der Waals surface area contributed by atoms with Crippen LogP contribution in [0.5, 0.6) is 0 Å². The number of amides is 4. The number of hydrogen-bond acceptors (Lipinski definition) is 4. The summed E-state index contributed by atoms with van der Waals surface area (Å²) in [6.45, 7) is 5.06. The number of carbonyl (C=O) groups is 4. The summed E-state index contributed by atoms with van der Waals surface area (Å²) in [5.74, 6) is 0.794. The van der Waals surface area contributed by atoms with Crippen molar-refractivity contribution in [3.8, 4) is 0 Å². The maximum atomic E-state index is 13.1. The molecule has 3 saturated heterocycles. The van der Waals surface area contributed by atoms with Crippen LogP contribution in [0.2, 0.25) is 0 Å². The van der Waals surface area contributed by atoms with Gasteiger partial charge in [0, 0.05) is 69.9 Å². The van der Waals surface area contributed by atoms with E-state index in [1.807, 2.05) is 9.80 Å². The summed E-state index contributed by atoms with van der Waals surface area (Å²) in [5, 5.41) is 5.96. The van der Waals surface area contributed by atoms with E-state index in [0.29, 0.717) is 38.4 Å². The van der Waals surface area contributed by atoms with E-state index in [0.717, 1.165) is 51.6 Å². The van der Waals surface area contributed by atoms with E-state index in [9.17, 15) is 19.2 Å². The zero-order chi connectivity index (χ0) is 21.3. The van der Waals surface area contributed by atoms with Crippen molar-refractivity contribution in [3.63, 3.8) is 0 Å². The molecule has 0 aromatic carbocycles. The fourth-order valence-electron chi connectivity index (χ4n) is 5.97. The second-order valence-corrected chi connectivity index (χ2v) is 9.73. The fourth-order valence-corrected chi connectivity index (χ4v) is 5.97. The summed E-state index contributed by atoms with van der Waals surface area (Å²) >= 11 is 0. The Kier molecular flexibility index (Phi) is 6.02. The highest BCUT2D eigenvalue weighted by Crippen LogP contribution is 2.48. The number of fused-ring (bicyclic) bond motifs is 1. The third kappa shape index (κ3) is 4.32. The predicted molar refractivity (Wildman–Crippen MR) is 110 cm³/mol. The van der Waals surface area contributed by atoms with Gasteiger partial charge in [0.2, 0.25) is 23.6 Å². The molecule has 2 N–H and O–H groups in total. The predicted octanol–water partition coefficient (Wildman–Crippen LogP) is 0.659. The minimum absolute atomic E-state index is 0.00959. The average molecular weight is 419 g/mol. The lowest BCUT2D eigenvalue weighted by Crippen LogP contribution is -2.45. The number of carbonyl (C=O) groups excluding carboxylic acids is 4. The highest BCUT2D eigenvalue weighted by atomic mass is 16.2. The molecule has 0 aromatic heterocycles. The Bertz CT molecular complexity index is 718. The Morgan fingerprint density at radius 3 is 2.57 bits per heavy atom. The van der Waals surface area contributed by atoms with Gasteiger partial charge in [-0.25, -0.2) is 0 Å². The fraction of sp³-hybridized carbons (Fsp3) is 0.818. The van der Waals surface area contributed by atoms with Crippen LogP contribution >= 0.6 is 0 Å². The summed E-state index contributed by atoms with van der Waals surface area (Å²) in [6, 6.07) is -0.0445. The number of hydrogen-bond donors (Lipinski definition) is 2. The normalized spacial score (nSPS) is 31.6. The lowest BCUT2D eigenvalue weighted by atomic mass is 9.80. The molecule has 8 heteroatoms. The Hall–Kier alpha value is -2.12. The molecule has 0 radical (unpaired) electrons. The first kappa shape index (κ1) is 21.1. The van der Waals surface area contributed by atoms with Gasteiger partial charge in [-0.05, 0) is 38.0 Å². The summed E-state index contributed by atoms with van der Waals surface area (Å²) in [7, 11) is 0. The van der Waals surface area contributed by atoms with Crippen LogP contribution in [0.1, 0.15) is 58.3 Å². The summed E-state index contributed by atoms with van der Waals surface area (Å²) < 4.78 is 0. The second-order valence-electron chi connectivity index (χ2n) is 9.73. The largest absolute Gasteiger partial charge is 0.355 e. The van der Waals surface area contributed by atoms with E-state index in [1.54, 1.807) is 6.92 Å². The van der Waals surface area contributed by atoms with Crippen molar-refractivity contribution in [2.45, 2.75) is 64.3 Å². The quantitative estimate of drug-likeness (QED) is 0.685. The van der Waals surface area contributed by atoms with Crippen LogP contribution in [-0.4, -0.2) is 72.2 Å². The molecule has 1 aliphatic carbocycles. The molecule has 30 heavy (non-hydrogen) atoms. The highest BCUT2D eigenvalue weighted by molar-refractivity contribution is 5.82. The first-order valence-electron chi connectivity index (χ1n) is 11.5. The van der Waals surface area contributed by atoms with Gasteiger partial charge in [-0.15, -0.1) is 0 Å². The SMILES string of the molecule is CC(=O)N1CCC(C(=O)N2C[C@@H]3CCC[C@]3(CNC(=O)CC3CCC(=O)N3)C2)CC1. The zero-order valence-electron chi connectivity index (χ0n) is 18.0. The topological polar surface area (TPSA) is 98.8 Å². The molecule has 1 unspecified atom stereocenters. The van der Waals surface area contributed by atoms with Gasteiger partial charge in [0.1, 0.15) is 0 Å². The van der Waals surface area contributed by atoms with E-state index in [-0.39, 0.29) is 41.0 Å². The molecule has 3 atom stereocenters. The van der Waals surface area contributed by atoms with Crippen LogP contribution in [0.4, 0.5) is 0 Å². The molecule has 3 aliphatic heterocycles. The maximum Gasteiger partial charge on any atom is 0.225 e. The maximum absolute atomic E-state index is 13.1. The number of likely N-dealkylation sites (tertiary alicyclic amines) is 2. The lowest BCUT2D eigenvalue weighted by Gasteiger charge is -2.33. The molecule has 0 spiro atoms. The minimum Gasteiger partial charge on any atom is -0.355 e. The van der Waals surface area contributed by atoms with Gasteiger partial charge in [-0.3, -0.25) is 19.2 Å². The number of piperidine rings is 1. The molecular formula is C22H34N4O4. The summed E-state index contributed by atoms with van der Waals surface area (Å²) in [4.78, 5) is 52.3. The zero-order valence-corrected chi connectivity index (χ0v) is 18.0. The third-order valence-corrected chi connectivity index (χ3v) is 7.80. The molecule has 166 valence electrons. The second kappa shape index (κ2) is 8.55. The molecule has 4 amide bonds. The van der Waals surface area contributed by atoms with Crippen LogP contribution in [0.3, 0.4) is 0 Å². The highest BCUT2D eigenvalue weighted by Gasteiger charge is 2.51. The van der Waals surface area contributed by atoms with Crippen molar-refractivity contribution >= 4 is 23.6 Å². The van der Waals surface area contributed by atoms with Crippen LogP contribution in [0.25, 0.3) is 0 Å². The number of nitrogens with zero attached hydrogens (tertiary/aromatic N) is 2. The molecule has 1 saturated carbocycles. The Morgan fingerprint density at radius 1 is 1.13 bits per heavy atom. The minimum atomic E-state index is -0.0445. The van der Waals surface area contributed by atoms with Crippen LogP contribution in [0, 0.1) is 17.3 Å². The molecule has 8 nitrogen and oxygen atoms in total. The van der Waals surface area contributed by atoms with Crippen molar-refractivity contribution in [2.24, 2.45) is 17.3 Å². The van der Waals surface area contributed by atoms with Gasteiger partial charge in [0.05, 0.1) is 0 Å². The van der Waals surface area contributed by atoms with Crippen molar-refractivity contribution in [3.05, 3.63) is 0 Å². The first-order chi connectivity index (χ1) is 14.4. The van der Waals surface area contributed by atoms with Crippen LogP contribution < -0.4 is 10.6 Å². The Morgan fingerprint density at radius 2 is 1.90 bits per heavy atom. The number of rotatable bonds is 5. The Labute approximate surface area is 178 Å². The summed E-state index contributed by atoms with van der Waals surface area (Å²) in [5.41, 5.74) is -0.00959. The number of nitrogens with one attached hydrogen (secondary N) is 2. The van der Waals surface area contributed by atoms with Gasteiger partial charge < -0.3 is 20.4 Å². The van der Waals surface area contributed by atoms with E-state index >= 15 is 0 Å². The van der Waals surface area contributed by atoms with Crippen molar-refractivity contribution < 1.29 is 19.2 Å². The van der Waals surface area contributed by atoms with Gasteiger partial charge in [-0.2, -0.15) is 0 Å². The average Bonchev–Trinajstić information content (AvgIpc) is 3.40. The van der Waals surface area contributed by atoms with E-state index in [4.69, 9.17) is 0 Å². The standard InChI is InChI=1S/C22H34N4O4/c1-15(27)25-9-6-16(7-10-25)21(30)26-12-17-3-2-8-22(17,14-26)13-23-20(29)11-18-4-5-19(28)24-18/h16-18H,2-14H2,1H3,(H,23,29)(H,24,28)/t17-,18?,22-/m0/s1. The van der Waals surface area contributed by atoms with E-state index < -0.39 is 0 Å². The van der Waals surface area contributed by atoms with Crippen LogP contribution in [0.15, 0.2) is 0 Å². The van der Waals surface area contributed by atoms with Gasteiger partial charge in [0.25, 0.3) is 0 Å². The Balaban J connectivity index is 1.29. The monoisotopic (exact) mass is 418 g/mol. The molecule has 4 rings (SSSR count). The molecular weight excluding hydrogens is 384 g/mol. The molecule has 3 heterocycles. The van der Waals surface area contributed by atoms with Gasteiger partial charge >= 0.3 is 0 Å². The molecule has 4 aliphatic rings. The van der Waals surface area contributed by atoms with Gasteiger partial charge in [0.15, 0.2) is 0 Å². The lowest BCUT2D eigenvalue weighted by molar-refractivity contribution is -0.139. The molecule has 0 bridgehead atoms. The third-order valence-electron chi connectivity index (χ3n) is 7.80.